The van der Waals surface area contributed by atoms with Crippen LogP contribution in [0.1, 0.15) is 17.3 Å². The van der Waals surface area contributed by atoms with E-state index in [1.54, 1.807) is 19.2 Å². The second kappa shape index (κ2) is 11.7. The number of nitrogens with one attached hydrogen (secondary N) is 2. The Morgan fingerprint density at radius 2 is 1.89 bits per heavy atom. The second-order valence-electron chi connectivity index (χ2n) is 6.37. The highest BCUT2D eigenvalue weighted by Crippen LogP contribution is 2.24. The first kappa shape index (κ1) is 24.8. The number of amides is 1. The minimum Gasteiger partial charge on any atom is -0.469 e. The Labute approximate surface area is 192 Å². The van der Waals surface area contributed by atoms with E-state index in [-0.39, 0.29) is 47.7 Å². The van der Waals surface area contributed by atoms with Crippen LogP contribution in [-0.4, -0.2) is 63.1 Å². The van der Waals surface area contributed by atoms with Gasteiger partial charge in [-0.2, -0.15) is 0 Å². The van der Waals surface area contributed by atoms with Crippen molar-refractivity contribution >= 4 is 65.0 Å². The number of guanidine groups is 1. The van der Waals surface area contributed by atoms with E-state index < -0.39 is 0 Å². The molecule has 2 atom stereocenters. The average molecular weight is 543 g/mol. The zero-order valence-corrected chi connectivity index (χ0v) is 19.8. The molecule has 7 nitrogen and oxygen atoms in total. The molecule has 1 heterocycles. The summed E-state index contributed by atoms with van der Waals surface area (Å²) in [5.74, 6) is 0.283. The summed E-state index contributed by atoms with van der Waals surface area (Å²) in [4.78, 5) is 30.2. The predicted octanol–water partition coefficient (Wildman–Crippen LogP) is 2.66. The van der Waals surface area contributed by atoms with Gasteiger partial charge >= 0.3 is 5.97 Å². The van der Waals surface area contributed by atoms with Gasteiger partial charge in [-0.15, -0.1) is 24.0 Å². The van der Waals surface area contributed by atoms with Crippen LogP contribution in [0.15, 0.2) is 23.2 Å². The van der Waals surface area contributed by atoms with E-state index in [1.807, 2.05) is 11.8 Å². The molecule has 156 valence electrons. The lowest BCUT2D eigenvalue weighted by Gasteiger charge is -2.21. The first-order valence-corrected chi connectivity index (χ1v) is 9.39. The van der Waals surface area contributed by atoms with E-state index in [2.05, 4.69) is 15.6 Å². The molecule has 0 saturated carbocycles. The number of aliphatic imine (C=N–C) groups is 1. The van der Waals surface area contributed by atoms with Crippen molar-refractivity contribution in [3.05, 3.63) is 33.8 Å². The smallest absolute Gasteiger partial charge is 0.310 e. The summed E-state index contributed by atoms with van der Waals surface area (Å²) >= 11 is 11.8. The third-order valence-electron chi connectivity index (χ3n) is 4.50. The molecule has 10 heteroatoms. The molecule has 1 aromatic carbocycles. The molecule has 0 aromatic heterocycles. The van der Waals surface area contributed by atoms with Crippen molar-refractivity contribution in [2.24, 2.45) is 16.8 Å². The van der Waals surface area contributed by atoms with Gasteiger partial charge in [0.2, 0.25) is 0 Å². The van der Waals surface area contributed by atoms with E-state index in [0.29, 0.717) is 41.2 Å². The fraction of sp³-hybridized carbons (Fsp3) is 0.500. The van der Waals surface area contributed by atoms with Crippen molar-refractivity contribution in [3.63, 3.8) is 0 Å². The van der Waals surface area contributed by atoms with Crippen LogP contribution in [0.3, 0.4) is 0 Å². The van der Waals surface area contributed by atoms with Gasteiger partial charge in [-0.1, -0.05) is 30.1 Å². The van der Waals surface area contributed by atoms with Crippen LogP contribution >= 0.6 is 47.2 Å². The number of halogens is 3. The molecule has 2 N–H and O–H groups in total. The largest absolute Gasteiger partial charge is 0.469 e. The molecule has 1 amide bonds. The lowest BCUT2D eigenvalue weighted by atomic mass is 9.99. The third kappa shape index (κ3) is 6.38. The van der Waals surface area contributed by atoms with Crippen LogP contribution in [0.2, 0.25) is 10.0 Å². The van der Waals surface area contributed by atoms with Crippen LogP contribution in [0.5, 0.6) is 0 Å². The number of rotatable bonds is 5. The summed E-state index contributed by atoms with van der Waals surface area (Å²) in [5, 5.41) is 6.75. The number of ether oxygens (including phenoxy) is 1. The van der Waals surface area contributed by atoms with Crippen LogP contribution in [0.25, 0.3) is 0 Å². The van der Waals surface area contributed by atoms with E-state index >= 15 is 0 Å². The Morgan fingerprint density at radius 1 is 1.21 bits per heavy atom. The van der Waals surface area contributed by atoms with Crippen molar-refractivity contribution in [1.82, 2.24) is 15.5 Å². The summed E-state index contributed by atoms with van der Waals surface area (Å²) in [6, 6.07) is 4.74. The molecular formula is C18H25Cl2IN4O3. The van der Waals surface area contributed by atoms with Crippen LogP contribution in [-0.2, 0) is 9.53 Å². The maximum absolute atomic E-state index is 12.1. The SMILES string of the molecule is CN=C(NCCNC(=O)c1ccc(Cl)c(Cl)c1)N1CC(C)C(C(=O)OC)C1.I. The number of carbonyl (C=O) groups excluding carboxylic acids is 2. The van der Waals surface area contributed by atoms with Gasteiger partial charge in [0.05, 0.1) is 23.1 Å². The Balaban J connectivity index is 0.00000392. The fourth-order valence-corrected chi connectivity index (χ4v) is 3.32. The molecule has 1 aromatic rings. The normalized spacial score (nSPS) is 19.0. The van der Waals surface area contributed by atoms with Crippen molar-refractivity contribution in [1.29, 1.82) is 0 Å². The lowest BCUT2D eigenvalue weighted by molar-refractivity contribution is -0.145. The molecule has 0 spiro atoms. The van der Waals surface area contributed by atoms with Gasteiger partial charge in [-0.05, 0) is 24.1 Å². The molecule has 1 fully saturated rings. The highest BCUT2D eigenvalue weighted by molar-refractivity contribution is 14.0. The molecule has 0 bridgehead atoms. The Morgan fingerprint density at radius 3 is 2.50 bits per heavy atom. The Hall–Kier alpha value is -1.26. The third-order valence-corrected chi connectivity index (χ3v) is 5.24. The standard InChI is InChI=1S/C18H24Cl2N4O3.HI/c1-11-9-24(10-13(11)17(26)27-3)18(21-2)23-7-6-22-16(25)12-4-5-14(19)15(20)8-12;/h4-5,8,11,13H,6-7,9-10H2,1-3H3,(H,21,23)(H,22,25);1H. The maximum Gasteiger partial charge on any atom is 0.310 e. The van der Waals surface area contributed by atoms with Crippen molar-refractivity contribution < 1.29 is 14.3 Å². The maximum atomic E-state index is 12.1. The fourth-order valence-electron chi connectivity index (χ4n) is 3.02. The van der Waals surface area contributed by atoms with Gasteiger partial charge in [0.15, 0.2) is 5.96 Å². The predicted molar refractivity (Wildman–Crippen MR) is 122 cm³/mol. The average Bonchev–Trinajstić information content (AvgIpc) is 3.04. The number of carbonyl (C=O) groups is 2. The van der Waals surface area contributed by atoms with Crippen molar-refractivity contribution in [2.75, 3.05) is 40.3 Å². The first-order chi connectivity index (χ1) is 12.9. The van der Waals surface area contributed by atoms with E-state index in [0.717, 1.165) is 6.54 Å². The lowest BCUT2D eigenvalue weighted by Crippen LogP contribution is -2.43. The number of esters is 1. The first-order valence-electron chi connectivity index (χ1n) is 8.64. The van der Waals surface area contributed by atoms with Gasteiger partial charge in [-0.25, -0.2) is 0 Å². The monoisotopic (exact) mass is 542 g/mol. The number of hydrogen-bond donors (Lipinski definition) is 2. The van der Waals surface area contributed by atoms with E-state index in [1.165, 1.54) is 13.2 Å². The van der Waals surface area contributed by atoms with Crippen molar-refractivity contribution in [3.8, 4) is 0 Å². The molecular weight excluding hydrogens is 518 g/mol. The summed E-state index contributed by atoms with van der Waals surface area (Å²) in [6.45, 7) is 4.19. The van der Waals surface area contributed by atoms with Gasteiger partial charge in [0.1, 0.15) is 0 Å². The van der Waals surface area contributed by atoms with Gasteiger partial charge in [0, 0.05) is 38.8 Å². The number of nitrogens with zero attached hydrogens (tertiary/aromatic N) is 2. The molecule has 1 aliphatic rings. The van der Waals surface area contributed by atoms with E-state index in [4.69, 9.17) is 27.9 Å². The molecule has 0 aliphatic carbocycles. The summed E-state index contributed by atoms with van der Waals surface area (Å²) in [5.41, 5.74) is 0.447. The summed E-state index contributed by atoms with van der Waals surface area (Å²) < 4.78 is 4.86. The Bertz CT molecular complexity index is 733. The quantitative estimate of drug-likeness (QED) is 0.196. The highest BCUT2D eigenvalue weighted by Gasteiger charge is 2.36. The minimum absolute atomic E-state index is 0. The molecule has 1 saturated heterocycles. The number of likely N-dealkylation sites (tertiary alicyclic amines) is 1. The molecule has 28 heavy (non-hydrogen) atoms. The molecule has 1 aliphatic heterocycles. The topological polar surface area (TPSA) is 83.0 Å². The summed E-state index contributed by atoms with van der Waals surface area (Å²) in [6.07, 6.45) is 0. The minimum atomic E-state index is -0.231. The number of hydrogen-bond acceptors (Lipinski definition) is 4. The van der Waals surface area contributed by atoms with Crippen LogP contribution in [0, 0.1) is 11.8 Å². The Kier molecular flexibility index (Phi) is 10.3. The van der Waals surface area contributed by atoms with Gasteiger partial charge < -0.3 is 20.3 Å². The summed E-state index contributed by atoms with van der Waals surface area (Å²) in [7, 11) is 3.09. The number of benzene rings is 1. The van der Waals surface area contributed by atoms with Gasteiger partial charge in [-0.3, -0.25) is 14.6 Å². The molecule has 0 radical (unpaired) electrons. The zero-order valence-electron chi connectivity index (χ0n) is 16.0. The highest BCUT2D eigenvalue weighted by atomic mass is 127. The van der Waals surface area contributed by atoms with Crippen molar-refractivity contribution in [2.45, 2.75) is 6.92 Å². The molecule has 2 unspecified atom stereocenters. The zero-order chi connectivity index (χ0) is 20.0. The van der Waals surface area contributed by atoms with Gasteiger partial charge in [0.25, 0.3) is 5.91 Å². The molecule has 2 rings (SSSR count). The van der Waals surface area contributed by atoms with Crippen LogP contribution < -0.4 is 10.6 Å². The van der Waals surface area contributed by atoms with Crippen LogP contribution in [0.4, 0.5) is 0 Å². The number of methoxy groups -OCH3 is 1. The van der Waals surface area contributed by atoms with E-state index in [9.17, 15) is 9.59 Å². The second-order valence-corrected chi connectivity index (χ2v) is 7.19.